The van der Waals surface area contributed by atoms with Crippen LogP contribution in [0.2, 0.25) is 0 Å². The normalized spacial score (nSPS) is 12.6. The summed E-state index contributed by atoms with van der Waals surface area (Å²) in [5.41, 5.74) is 4.07. The molecule has 0 aliphatic heterocycles. The van der Waals surface area contributed by atoms with Gasteiger partial charge in [-0.25, -0.2) is 4.52 Å². The Hall–Kier alpha value is -1.31. The number of nitrogens with zero attached hydrogens (tertiary/aromatic N) is 2. The molecule has 2 aromatic heterocycles. The van der Waals surface area contributed by atoms with Crippen molar-refractivity contribution in [3.8, 4) is 0 Å². The Labute approximate surface area is 97.3 Å². The predicted molar refractivity (Wildman–Crippen MR) is 68.0 cm³/mol. The second-order valence-corrected chi connectivity index (χ2v) is 5.75. The highest BCUT2D eigenvalue weighted by molar-refractivity contribution is 5.58. The fourth-order valence-corrected chi connectivity index (χ4v) is 1.93. The SMILES string of the molecule is CC(C)c1ccn2ncc(C(C)(C)C)c2c1. The molecule has 0 saturated heterocycles. The van der Waals surface area contributed by atoms with Crippen molar-refractivity contribution in [2.24, 2.45) is 0 Å². The summed E-state index contributed by atoms with van der Waals surface area (Å²) >= 11 is 0. The minimum absolute atomic E-state index is 0.150. The lowest BCUT2D eigenvalue weighted by Gasteiger charge is -2.17. The molecular formula is C14H20N2. The minimum atomic E-state index is 0.150. The molecule has 2 rings (SSSR count). The van der Waals surface area contributed by atoms with Gasteiger partial charge >= 0.3 is 0 Å². The van der Waals surface area contributed by atoms with Crippen LogP contribution in [0.3, 0.4) is 0 Å². The van der Waals surface area contributed by atoms with Crippen LogP contribution in [0.1, 0.15) is 51.7 Å². The molecule has 2 aromatic rings. The molecule has 16 heavy (non-hydrogen) atoms. The summed E-state index contributed by atoms with van der Waals surface area (Å²) in [5, 5.41) is 4.40. The molecule has 0 unspecified atom stereocenters. The zero-order chi connectivity index (χ0) is 11.9. The molecule has 0 radical (unpaired) electrons. The van der Waals surface area contributed by atoms with Crippen molar-refractivity contribution in [3.63, 3.8) is 0 Å². The summed E-state index contributed by atoms with van der Waals surface area (Å²) < 4.78 is 1.96. The minimum Gasteiger partial charge on any atom is -0.241 e. The fourth-order valence-electron chi connectivity index (χ4n) is 1.93. The Balaban J connectivity index is 2.65. The molecule has 0 N–H and O–H groups in total. The lowest BCUT2D eigenvalue weighted by molar-refractivity contribution is 0.595. The molecule has 2 nitrogen and oxygen atoms in total. The van der Waals surface area contributed by atoms with Gasteiger partial charge in [0.25, 0.3) is 0 Å². The van der Waals surface area contributed by atoms with E-state index in [2.05, 4.69) is 58.0 Å². The smallest absolute Gasteiger partial charge is 0.0701 e. The Morgan fingerprint density at radius 2 is 1.94 bits per heavy atom. The largest absolute Gasteiger partial charge is 0.241 e. The zero-order valence-corrected chi connectivity index (χ0v) is 10.8. The number of hydrogen-bond donors (Lipinski definition) is 0. The first-order valence-corrected chi connectivity index (χ1v) is 5.87. The quantitative estimate of drug-likeness (QED) is 0.709. The van der Waals surface area contributed by atoms with Crippen LogP contribution in [0.5, 0.6) is 0 Å². The van der Waals surface area contributed by atoms with Crippen molar-refractivity contribution in [3.05, 3.63) is 35.7 Å². The van der Waals surface area contributed by atoms with E-state index in [1.165, 1.54) is 16.6 Å². The van der Waals surface area contributed by atoms with E-state index in [0.717, 1.165) is 0 Å². The lowest BCUT2D eigenvalue weighted by Crippen LogP contribution is -2.10. The van der Waals surface area contributed by atoms with Crippen LogP contribution in [0.4, 0.5) is 0 Å². The highest BCUT2D eigenvalue weighted by Gasteiger charge is 2.19. The van der Waals surface area contributed by atoms with Gasteiger partial charge in [-0.15, -0.1) is 0 Å². The van der Waals surface area contributed by atoms with E-state index in [4.69, 9.17) is 0 Å². The van der Waals surface area contributed by atoms with Gasteiger partial charge < -0.3 is 0 Å². The summed E-state index contributed by atoms with van der Waals surface area (Å²) in [4.78, 5) is 0. The average molecular weight is 216 g/mol. The predicted octanol–water partition coefficient (Wildman–Crippen LogP) is 3.76. The van der Waals surface area contributed by atoms with Crippen LogP contribution in [0.25, 0.3) is 5.52 Å². The number of aromatic nitrogens is 2. The van der Waals surface area contributed by atoms with Crippen LogP contribution >= 0.6 is 0 Å². The third-order valence-electron chi connectivity index (χ3n) is 3.02. The van der Waals surface area contributed by atoms with E-state index in [0.29, 0.717) is 5.92 Å². The zero-order valence-electron chi connectivity index (χ0n) is 10.8. The van der Waals surface area contributed by atoms with Gasteiger partial charge in [0, 0.05) is 11.8 Å². The Morgan fingerprint density at radius 1 is 1.25 bits per heavy atom. The number of pyridine rings is 1. The number of rotatable bonds is 1. The third kappa shape index (κ3) is 1.84. The Morgan fingerprint density at radius 3 is 2.50 bits per heavy atom. The standard InChI is InChI=1S/C14H20N2/c1-10(2)11-6-7-16-13(8-11)12(9-15-16)14(3,4)5/h6-10H,1-5H3. The van der Waals surface area contributed by atoms with Crippen LogP contribution in [-0.4, -0.2) is 9.61 Å². The molecule has 2 heteroatoms. The summed E-state index contributed by atoms with van der Waals surface area (Å²) in [6, 6.07) is 4.41. The lowest BCUT2D eigenvalue weighted by atomic mass is 9.87. The molecule has 0 atom stereocenters. The summed E-state index contributed by atoms with van der Waals surface area (Å²) in [6.45, 7) is 11.1. The molecule has 2 heterocycles. The second-order valence-electron chi connectivity index (χ2n) is 5.75. The van der Waals surface area contributed by atoms with Crippen LogP contribution in [-0.2, 0) is 5.41 Å². The topological polar surface area (TPSA) is 17.3 Å². The first-order chi connectivity index (χ1) is 7.39. The fraction of sp³-hybridized carbons (Fsp3) is 0.500. The molecule has 0 aromatic carbocycles. The third-order valence-corrected chi connectivity index (χ3v) is 3.02. The van der Waals surface area contributed by atoms with Gasteiger partial charge in [-0.05, 0) is 29.0 Å². The van der Waals surface area contributed by atoms with Gasteiger partial charge in [-0.1, -0.05) is 34.6 Å². The number of hydrogen-bond acceptors (Lipinski definition) is 1. The van der Waals surface area contributed by atoms with E-state index < -0.39 is 0 Å². The Bertz CT molecular complexity index is 501. The summed E-state index contributed by atoms with van der Waals surface area (Å²) in [7, 11) is 0. The van der Waals surface area contributed by atoms with Crippen LogP contribution < -0.4 is 0 Å². The van der Waals surface area contributed by atoms with Crippen molar-refractivity contribution >= 4 is 5.52 Å². The van der Waals surface area contributed by atoms with Crippen molar-refractivity contribution in [2.75, 3.05) is 0 Å². The van der Waals surface area contributed by atoms with Gasteiger partial charge in [-0.3, -0.25) is 0 Å². The molecule has 0 fully saturated rings. The van der Waals surface area contributed by atoms with E-state index in [1.54, 1.807) is 0 Å². The maximum absolute atomic E-state index is 4.40. The average Bonchev–Trinajstić information content (AvgIpc) is 2.58. The molecule has 0 spiro atoms. The van der Waals surface area contributed by atoms with Crippen molar-refractivity contribution in [2.45, 2.75) is 46.0 Å². The van der Waals surface area contributed by atoms with Gasteiger partial charge in [0.2, 0.25) is 0 Å². The van der Waals surface area contributed by atoms with Gasteiger partial charge in [0.15, 0.2) is 0 Å². The molecule has 0 bridgehead atoms. The van der Waals surface area contributed by atoms with E-state index in [1.807, 2.05) is 10.7 Å². The van der Waals surface area contributed by atoms with E-state index in [-0.39, 0.29) is 5.41 Å². The second kappa shape index (κ2) is 3.62. The molecule has 0 saturated carbocycles. The van der Waals surface area contributed by atoms with Gasteiger partial charge in [0.1, 0.15) is 0 Å². The van der Waals surface area contributed by atoms with Crippen molar-refractivity contribution in [1.82, 2.24) is 9.61 Å². The van der Waals surface area contributed by atoms with Gasteiger partial charge in [-0.2, -0.15) is 5.10 Å². The van der Waals surface area contributed by atoms with Crippen molar-refractivity contribution in [1.29, 1.82) is 0 Å². The van der Waals surface area contributed by atoms with Crippen molar-refractivity contribution < 1.29 is 0 Å². The summed E-state index contributed by atoms with van der Waals surface area (Å²) in [6.07, 6.45) is 4.04. The van der Waals surface area contributed by atoms with E-state index in [9.17, 15) is 0 Å². The maximum Gasteiger partial charge on any atom is 0.0701 e. The molecule has 86 valence electrons. The van der Waals surface area contributed by atoms with Gasteiger partial charge in [0.05, 0.1) is 11.7 Å². The maximum atomic E-state index is 4.40. The first-order valence-electron chi connectivity index (χ1n) is 5.87. The monoisotopic (exact) mass is 216 g/mol. The van der Waals surface area contributed by atoms with Crippen LogP contribution in [0.15, 0.2) is 24.5 Å². The summed E-state index contributed by atoms with van der Waals surface area (Å²) in [5.74, 6) is 0.563. The van der Waals surface area contributed by atoms with Crippen LogP contribution in [0, 0.1) is 0 Å². The first kappa shape index (κ1) is 11.2. The highest BCUT2D eigenvalue weighted by Crippen LogP contribution is 2.28. The molecule has 0 amide bonds. The Kier molecular flexibility index (Phi) is 2.53. The highest BCUT2D eigenvalue weighted by atomic mass is 15.2. The molecular weight excluding hydrogens is 196 g/mol. The van der Waals surface area contributed by atoms with E-state index >= 15 is 0 Å². The molecule has 0 aliphatic rings. The molecule has 0 aliphatic carbocycles. The number of fused-ring (bicyclic) bond motifs is 1.